The molecule has 1 fully saturated rings. The molecular weight excluding hydrogens is 306 g/mol. The first-order valence-electron chi connectivity index (χ1n) is 8.12. The van der Waals surface area contributed by atoms with E-state index in [1.807, 2.05) is 37.4 Å². The Morgan fingerprint density at radius 2 is 2.21 bits per heavy atom. The fourth-order valence-electron chi connectivity index (χ4n) is 3.31. The summed E-state index contributed by atoms with van der Waals surface area (Å²) < 4.78 is 5.02. The third-order valence-electron chi connectivity index (χ3n) is 4.53. The van der Waals surface area contributed by atoms with Gasteiger partial charge in [-0.15, -0.1) is 0 Å². The van der Waals surface area contributed by atoms with Crippen LogP contribution in [0.3, 0.4) is 0 Å². The molecule has 0 radical (unpaired) electrons. The van der Waals surface area contributed by atoms with Crippen LogP contribution in [0.1, 0.15) is 29.7 Å². The lowest BCUT2D eigenvalue weighted by atomic mass is 10.1. The predicted octanol–water partition coefficient (Wildman–Crippen LogP) is 1.11. The second-order valence-corrected chi connectivity index (χ2v) is 6.30. The van der Waals surface area contributed by atoms with E-state index in [4.69, 9.17) is 10.3 Å². The summed E-state index contributed by atoms with van der Waals surface area (Å²) in [4.78, 5) is 20.6. The standard InChI is InChI=1S/C17H23N5O2/c1-12-19-15(20-24-12)11-21(2)14-8-9-22(10-14)16(17(18)23)13-6-4-3-5-7-13/h3-7,14,16H,8-11H2,1-2H3,(H2,18,23)/t14-,16-/m1/s1. The maximum absolute atomic E-state index is 12.0. The number of hydrogen-bond acceptors (Lipinski definition) is 6. The van der Waals surface area contributed by atoms with Gasteiger partial charge in [-0.25, -0.2) is 0 Å². The van der Waals surface area contributed by atoms with Crippen molar-refractivity contribution in [1.82, 2.24) is 19.9 Å². The number of rotatable bonds is 6. The first-order valence-corrected chi connectivity index (χ1v) is 8.12. The van der Waals surface area contributed by atoms with Crippen LogP contribution in [0.25, 0.3) is 0 Å². The van der Waals surface area contributed by atoms with E-state index in [0.717, 1.165) is 25.1 Å². The van der Waals surface area contributed by atoms with Crippen molar-refractivity contribution in [2.45, 2.75) is 32.0 Å². The number of likely N-dealkylation sites (tertiary alicyclic amines) is 1. The van der Waals surface area contributed by atoms with E-state index in [0.29, 0.717) is 24.3 Å². The summed E-state index contributed by atoms with van der Waals surface area (Å²) in [6.45, 7) is 4.03. The Balaban J connectivity index is 1.66. The van der Waals surface area contributed by atoms with Crippen molar-refractivity contribution in [3.8, 4) is 0 Å². The minimum absolute atomic E-state index is 0.307. The second kappa shape index (κ2) is 7.11. The zero-order valence-electron chi connectivity index (χ0n) is 14.1. The van der Waals surface area contributed by atoms with Crippen molar-refractivity contribution >= 4 is 5.91 Å². The van der Waals surface area contributed by atoms with Gasteiger partial charge < -0.3 is 10.3 Å². The molecule has 7 heteroatoms. The van der Waals surface area contributed by atoms with Gasteiger partial charge in [0, 0.05) is 26.1 Å². The van der Waals surface area contributed by atoms with E-state index < -0.39 is 0 Å². The summed E-state index contributed by atoms with van der Waals surface area (Å²) >= 11 is 0. The monoisotopic (exact) mass is 329 g/mol. The highest BCUT2D eigenvalue weighted by molar-refractivity contribution is 5.81. The molecule has 1 aliphatic heterocycles. The number of nitrogens with zero attached hydrogens (tertiary/aromatic N) is 4. The molecule has 1 amide bonds. The lowest BCUT2D eigenvalue weighted by Crippen LogP contribution is -2.39. The van der Waals surface area contributed by atoms with Crippen LogP contribution in [0.2, 0.25) is 0 Å². The number of carbonyl (C=O) groups is 1. The maximum Gasteiger partial charge on any atom is 0.239 e. The van der Waals surface area contributed by atoms with Crippen molar-refractivity contribution in [2.24, 2.45) is 5.73 Å². The molecule has 7 nitrogen and oxygen atoms in total. The largest absolute Gasteiger partial charge is 0.368 e. The Labute approximate surface area is 141 Å². The summed E-state index contributed by atoms with van der Waals surface area (Å²) in [5, 5.41) is 3.94. The molecule has 3 rings (SSSR count). The van der Waals surface area contributed by atoms with Crippen LogP contribution in [-0.4, -0.2) is 52.0 Å². The molecule has 128 valence electrons. The molecule has 2 N–H and O–H groups in total. The Bertz CT molecular complexity index is 687. The van der Waals surface area contributed by atoms with Gasteiger partial charge in [0.05, 0.1) is 6.54 Å². The predicted molar refractivity (Wildman–Crippen MR) is 88.9 cm³/mol. The van der Waals surface area contributed by atoms with Crippen molar-refractivity contribution in [2.75, 3.05) is 20.1 Å². The van der Waals surface area contributed by atoms with Gasteiger partial charge in [-0.1, -0.05) is 35.5 Å². The number of hydrogen-bond donors (Lipinski definition) is 1. The van der Waals surface area contributed by atoms with Crippen LogP contribution in [0.5, 0.6) is 0 Å². The Hall–Kier alpha value is -2.25. The van der Waals surface area contributed by atoms with Gasteiger partial charge in [0.2, 0.25) is 11.8 Å². The lowest BCUT2D eigenvalue weighted by molar-refractivity contribution is -0.123. The molecule has 24 heavy (non-hydrogen) atoms. The molecule has 2 atom stereocenters. The third kappa shape index (κ3) is 3.63. The van der Waals surface area contributed by atoms with Gasteiger partial charge in [-0.2, -0.15) is 4.98 Å². The topological polar surface area (TPSA) is 88.5 Å². The van der Waals surface area contributed by atoms with Crippen LogP contribution in [-0.2, 0) is 11.3 Å². The molecule has 2 heterocycles. The fraction of sp³-hybridized carbons (Fsp3) is 0.471. The van der Waals surface area contributed by atoms with Gasteiger partial charge >= 0.3 is 0 Å². The Kier molecular flexibility index (Phi) is 4.92. The van der Waals surface area contributed by atoms with Gasteiger partial charge in [-0.05, 0) is 19.0 Å². The van der Waals surface area contributed by atoms with Gasteiger partial charge in [0.25, 0.3) is 0 Å². The van der Waals surface area contributed by atoms with Crippen molar-refractivity contribution in [1.29, 1.82) is 0 Å². The molecular formula is C17H23N5O2. The molecule has 1 saturated heterocycles. The molecule has 1 aromatic heterocycles. The van der Waals surface area contributed by atoms with Crippen LogP contribution >= 0.6 is 0 Å². The number of carbonyl (C=O) groups excluding carboxylic acids is 1. The second-order valence-electron chi connectivity index (χ2n) is 6.30. The number of benzene rings is 1. The fourth-order valence-corrected chi connectivity index (χ4v) is 3.31. The smallest absolute Gasteiger partial charge is 0.239 e. The van der Waals surface area contributed by atoms with Gasteiger partial charge in [0.1, 0.15) is 6.04 Å². The molecule has 0 spiro atoms. The number of aromatic nitrogens is 2. The number of primary amides is 1. The molecule has 0 bridgehead atoms. The van der Waals surface area contributed by atoms with Gasteiger partial charge in [0.15, 0.2) is 5.82 Å². The zero-order valence-corrected chi connectivity index (χ0v) is 14.1. The summed E-state index contributed by atoms with van der Waals surface area (Å²) in [7, 11) is 2.04. The molecule has 1 aliphatic rings. The Morgan fingerprint density at radius 3 is 2.83 bits per heavy atom. The third-order valence-corrected chi connectivity index (χ3v) is 4.53. The highest BCUT2D eigenvalue weighted by atomic mass is 16.5. The normalized spacial score (nSPS) is 19.7. The van der Waals surface area contributed by atoms with Crippen molar-refractivity contribution in [3.05, 3.63) is 47.6 Å². The average Bonchev–Trinajstić information content (AvgIpc) is 3.18. The van der Waals surface area contributed by atoms with E-state index in [2.05, 4.69) is 19.9 Å². The molecule has 1 aromatic carbocycles. The summed E-state index contributed by atoms with van der Waals surface area (Å²) in [6.07, 6.45) is 0.976. The molecule has 0 unspecified atom stereocenters. The minimum Gasteiger partial charge on any atom is -0.368 e. The first-order chi connectivity index (χ1) is 11.5. The first kappa shape index (κ1) is 16.6. The summed E-state index contributed by atoms with van der Waals surface area (Å²) in [6, 6.07) is 9.66. The summed E-state index contributed by atoms with van der Waals surface area (Å²) in [5.41, 5.74) is 6.62. The van der Waals surface area contributed by atoms with Crippen LogP contribution in [0.4, 0.5) is 0 Å². The van der Waals surface area contributed by atoms with E-state index in [-0.39, 0.29) is 11.9 Å². The minimum atomic E-state index is -0.378. The van der Waals surface area contributed by atoms with Crippen LogP contribution in [0.15, 0.2) is 34.9 Å². The molecule has 0 saturated carbocycles. The zero-order chi connectivity index (χ0) is 17.1. The SMILES string of the molecule is Cc1nc(CN(C)[C@@H]2CCN([C@@H](C(N)=O)c3ccccc3)C2)no1. The highest BCUT2D eigenvalue weighted by Crippen LogP contribution is 2.27. The van der Waals surface area contributed by atoms with E-state index in [9.17, 15) is 4.79 Å². The van der Waals surface area contributed by atoms with Crippen molar-refractivity contribution < 1.29 is 9.32 Å². The van der Waals surface area contributed by atoms with Crippen LogP contribution < -0.4 is 5.73 Å². The molecule has 0 aliphatic carbocycles. The number of amides is 1. The molecule has 2 aromatic rings. The lowest BCUT2D eigenvalue weighted by Gasteiger charge is -2.27. The Morgan fingerprint density at radius 1 is 1.46 bits per heavy atom. The average molecular weight is 329 g/mol. The number of nitrogens with two attached hydrogens (primary N) is 1. The van der Waals surface area contributed by atoms with E-state index >= 15 is 0 Å². The number of aryl methyl sites for hydroxylation is 1. The van der Waals surface area contributed by atoms with Gasteiger partial charge in [-0.3, -0.25) is 14.6 Å². The number of likely N-dealkylation sites (N-methyl/N-ethyl adjacent to an activating group) is 1. The maximum atomic E-state index is 12.0. The highest BCUT2D eigenvalue weighted by Gasteiger charge is 2.34. The van der Waals surface area contributed by atoms with E-state index in [1.54, 1.807) is 6.92 Å². The van der Waals surface area contributed by atoms with E-state index in [1.165, 1.54) is 0 Å². The quantitative estimate of drug-likeness (QED) is 0.854. The van der Waals surface area contributed by atoms with Crippen LogP contribution in [0, 0.1) is 6.92 Å². The van der Waals surface area contributed by atoms with Crippen molar-refractivity contribution in [3.63, 3.8) is 0 Å². The summed E-state index contributed by atoms with van der Waals surface area (Å²) in [5.74, 6) is 0.950.